The van der Waals surface area contributed by atoms with Gasteiger partial charge in [-0.3, -0.25) is 4.79 Å². The molecule has 0 saturated carbocycles. The number of aliphatic hydroxyl groups excluding tert-OH is 1. The van der Waals surface area contributed by atoms with E-state index in [1.807, 2.05) is 16.3 Å². The normalized spacial score (nSPS) is 29.3. The maximum absolute atomic E-state index is 12.1. The molecule has 6 nitrogen and oxygen atoms in total. The number of hydrogen-bond donors (Lipinski definition) is 1. The van der Waals surface area contributed by atoms with Crippen LogP contribution in [-0.2, 0) is 15.0 Å². The summed E-state index contributed by atoms with van der Waals surface area (Å²) in [4.78, 5) is 11.6. The van der Waals surface area contributed by atoms with E-state index in [2.05, 4.69) is 15.9 Å². The molecule has 1 heterocycles. The van der Waals surface area contributed by atoms with E-state index in [0.717, 1.165) is 4.31 Å². The molecule has 0 aromatic heterocycles. The second-order valence-electron chi connectivity index (χ2n) is 4.77. The van der Waals surface area contributed by atoms with Gasteiger partial charge in [-0.05, 0) is 31.4 Å². The van der Waals surface area contributed by atoms with Gasteiger partial charge in [-0.15, -0.1) is 0 Å². The molecule has 1 aliphatic heterocycles. The first kappa shape index (κ1) is 15.7. The smallest absolute Gasteiger partial charge is 0.331 e. The van der Waals surface area contributed by atoms with E-state index >= 15 is 0 Å². The number of aliphatic hydroxyl groups is 1. The highest BCUT2D eigenvalue weighted by Crippen LogP contribution is 2.36. The Morgan fingerprint density at radius 1 is 1.55 bits per heavy atom. The van der Waals surface area contributed by atoms with Gasteiger partial charge in [0.25, 0.3) is 5.91 Å². The van der Waals surface area contributed by atoms with Crippen LogP contribution in [0.1, 0.15) is 6.92 Å². The molecule has 2 rings (SSSR count). The molecule has 0 bridgehead atoms. The van der Waals surface area contributed by atoms with Crippen LogP contribution in [0.15, 0.2) is 34.5 Å². The topological polar surface area (TPSA) is 77.9 Å². The fraction of sp³-hybridized carbons (Fsp3) is 0.364. The lowest BCUT2D eigenvalue weighted by Crippen LogP contribution is -2.28. The Morgan fingerprint density at radius 3 is 2.70 bits per heavy atom. The van der Waals surface area contributed by atoms with Crippen LogP contribution in [0.5, 0.6) is 0 Å². The number of allylic oxidation sites excluding steroid dienone is 3. The SMILES string of the molecule is CC1(CO)C=CC=C(N2CC(=O)N(P)S2(=O)=O)C(Br)=C1. The Bertz CT molecular complexity index is 643. The van der Waals surface area contributed by atoms with E-state index in [4.69, 9.17) is 0 Å². The van der Waals surface area contributed by atoms with Gasteiger partial charge < -0.3 is 5.11 Å². The van der Waals surface area contributed by atoms with Crippen molar-refractivity contribution in [2.45, 2.75) is 6.92 Å². The first-order valence-electron chi connectivity index (χ1n) is 5.71. The first-order valence-corrected chi connectivity index (χ1v) is 8.41. The number of amides is 1. The molecule has 110 valence electrons. The molecule has 1 saturated heterocycles. The zero-order valence-corrected chi connectivity index (χ0v) is 14.2. The Hall–Kier alpha value is -0.690. The van der Waals surface area contributed by atoms with Crippen LogP contribution in [0.2, 0.25) is 0 Å². The minimum absolute atomic E-state index is 0.110. The lowest BCUT2D eigenvalue weighted by molar-refractivity contribution is -0.121. The number of carbonyl (C=O) groups excluding carboxylic acids is 1. The van der Waals surface area contributed by atoms with Gasteiger partial charge in [0, 0.05) is 9.90 Å². The molecule has 2 atom stereocenters. The number of rotatable bonds is 2. The van der Waals surface area contributed by atoms with Crippen LogP contribution in [-0.4, -0.2) is 41.0 Å². The van der Waals surface area contributed by atoms with E-state index in [1.165, 1.54) is 0 Å². The maximum Gasteiger partial charge on any atom is 0.331 e. The largest absolute Gasteiger partial charge is 0.395 e. The molecule has 20 heavy (non-hydrogen) atoms. The fourth-order valence-corrected chi connectivity index (χ4v) is 4.49. The van der Waals surface area contributed by atoms with Gasteiger partial charge in [-0.1, -0.05) is 25.2 Å². The summed E-state index contributed by atoms with van der Waals surface area (Å²) in [6.45, 7) is 1.46. The number of hydrogen-bond acceptors (Lipinski definition) is 4. The van der Waals surface area contributed by atoms with Gasteiger partial charge in [0.05, 0.1) is 12.3 Å². The molecule has 1 N–H and O–H groups in total. The van der Waals surface area contributed by atoms with Crippen molar-refractivity contribution in [2.75, 3.05) is 13.2 Å². The summed E-state index contributed by atoms with van der Waals surface area (Å²) in [7, 11) is -1.96. The molecule has 1 aliphatic carbocycles. The molecular formula is C11H14BrN2O4PS. The Labute approximate surface area is 128 Å². The van der Waals surface area contributed by atoms with E-state index in [9.17, 15) is 18.3 Å². The summed E-state index contributed by atoms with van der Waals surface area (Å²) >= 11 is 3.32. The molecule has 0 aromatic rings. The van der Waals surface area contributed by atoms with Gasteiger partial charge in [-0.2, -0.15) is 8.42 Å². The van der Waals surface area contributed by atoms with Crippen molar-refractivity contribution < 1.29 is 18.3 Å². The first-order chi connectivity index (χ1) is 9.21. The molecule has 1 amide bonds. The molecule has 9 heteroatoms. The van der Waals surface area contributed by atoms with Crippen molar-refractivity contribution >= 4 is 41.4 Å². The molecule has 0 radical (unpaired) electrons. The van der Waals surface area contributed by atoms with Gasteiger partial charge in [0.15, 0.2) is 0 Å². The standard InChI is InChI=1S/C11H14BrN2O4PS/c1-11(7-15)4-2-3-9(8(12)5-11)13-6-10(16)14(19)20(13,17)18/h2-5,15H,6-7,19H2,1H3. The number of nitrogens with zero attached hydrogens (tertiary/aromatic N) is 2. The minimum atomic E-state index is -3.86. The molecule has 1 fully saturated rings. The van der Waals surface area contributed by atoms with E-state index < -0.39 is 21.5 Å². The van der Waals surface area contributed by atoms with Crippen LogP contribution in [0.25, 0.3) is 0 Å². The van der Waals surface area contributed by atoms with Gasteiger partial charge in [-0.25, -0.2) is 8.38 Å². The fourth-order valence-electron chi connectivity index (χ4n) is 1.87. The summed E-state index contributed by atoms with van der Waals surface area (Å²) < 4.78 is 26.5. The average molecular weight is 381 g/mol. The molecular weight excluding hydrogens is 367 g/mol. The molecule has 0 spiro atoms. The highest BCUT2D eigenvalue weighted by molar-refractivity contribution is 9.12. The maximum atomic E-state index is 12.1. The van der Waals surface area contributed by atoms with Crippen LogP contribution >= 0.6 is 25.3 Å². The van der Waals surface area contributed by atoms with Crippen molar-refractivity contribution in [3.8, 4) is 0 Å². The Kier molecular flexibility index (Phi) is 4.12. The quantitative estimate of drug-likeness (QED) is 0.721. The van der Waals surface area contributed by atoms with Crippen LogP contribution < -0.4 is 0 Å². The van der Waals surface area contributed by atoms with E-state index in [-0.39, 0.29) is 13.2 Å². The number of carbonyl (C=O) groups is 1. The average Bonchev–Trinajstić information content (AvgIpc) is 2.53. The van der Waals surface area contributed by atoms with Crippen molar-refractivity contribution in [1.82, 2.24) is 8.38 Å². The second kappa shape index (κ2) is 5.26. The third kappa shape index (κ3) is 2.57. The zero-order valence-electron chi connectivity index (χ0n) is 10.7. The third-order valence-electron chi connectivity index (χ3n) is 3.09. The van der Waals surface area contributed by atoms with Crippen LogP contribution in [0.3, 0.4) is 0 Å². The predicted octanol–water partition coefficient (Wildman–Crippen LogP) is 0.897. The lowest BCUT2D eigenvalue weighted by Gasteiger charge is -2.21. The van der Waals surface area contributed by atoms with E-state index in [0.29, 0.717) is 14.3 Å². The van der Waals surface area contributed by atoms with Crippen molar-refractivity contribution in [3.05, 3.63) is 34.5 Å². The lowest BCUT2D eigenvalue weighted by atomic mass is 9.91. The Morgan fingerprint density at radius 2 is 2.20 bits per heavy atom. The van der Waals surface area contributed by atoms with E-state index in [1.54, 1.807) is 24.3 Å². The van der Waals surface area contributed by atoms with Crippen molar-refractivity contribution in [1.29, 1.82) is 0 Å². The monoisotopic (exact) mass is 380 g/mol. The summed E-state index contributed by atoms with van der Waals surface area (Å²) in [6, 6.07) is 0. The highest BCUT2D eigenvalue weighted by Gasteiger charge is 2.42. The van der Waals surface area contributed by atoms with Gasteiger partial charge in [0.2, 0.25) is 0 Å². The van der Waals surface area contributed by atoms with Crippen molar-refractivity contribution in [3.63, 3.8) is 0 Å². The van der Waals surface area contributed by atoms with Gasteiger partial charge in [0.1, 0.15) is 6.54 Å². The van der Waals surface area contributed by atoms with Crippen molar-refractivity contribution in [2.24, 2.45) is 5.41 Å². The summed E-state index contributed by atoms with van der Waals surface area (Å²) in [5.74, 6) is -0.519. The molecule has 0 aromatic carbocycles. The van der Waals surface area contributed by atoms with Crippen LogP contribution in [0.4, 0.5) is 0 Å². The summed E-state index contributed by atoms with van der Waals surface area (Å²) in [5, 5.41) is 9.39. The minimum Gasteiger partial charge on any atom is -0.395 e. The molecule has 2 unspecified atom stereocenters. The predicted molar refractivity (Wildman–Crippen MR) is 81.6 cm³/mol. The third-order valence-corrected chi connectivity index (χ3v) is 6.40. The van der Waals surface area contributed by atoms with Crippen LogP contribution in [0, 0.1) is 5.41 Å². The van der Waals surface area contributed by atoms with Gasteiger partial charge >= 0.3 is 10.2 Å². The molecule has 2 aliphatic rings. The highest BCUT2D eigenvalue weighted by atomic mass is 79.9. The zero-order chi connectivity index (χ0) is 15.1. The Balaban J connectivity index is 2.45. The summed E-state index contributed by atoms with van der Waals surface area (Å²) in [5.41, 5.74) is -0.234. The number of halogens is 1. The summed E-state index contributed by atoms with van der Waals surface area (Å²) in [6.07, 6.45) is 6.75. The second-order valence-corrected chi connectivity index (χ2v) is 8.25.